The predicted octanol–water partition coefficient (Wildman–Crippen LogP) is 2.19. The number of carbonyl (C=O) groups excluding carboxylic acids is 1. The number of benzene rings is 1. The monoisotopic (exact) mass is 337 g/mol. The number of aryl methyl sites for hydroxylation is 1. The first-order chi connectivity index (χ1) is 10.7. The third-order valence-electron chi connectivity index (χ3n) is 3.57. The Kier molecular flexibility index (Phi) is 4.74. The molecule has 0 fully saturated rings. The first kappa shape index (κ1) is 17.0. The number of aromatic nitrogens is 1. The topological polar surface area (TPSA) is 92.5 Å². The third kappa shape index (κ3) is 3.70. The highest BCUT2D eigenvalue weighted by Gasteiger charge is 2.16. The van der Waals surface area contributed by atoms with Crippen molar-refractivity contribution in [2.75, 3.05) is 22.9 Å². The molecule has 124 valence electrons. The van der Waals surface area contributed by atoms with Crippen molar-refractivity contribution in [3.63, 3.8) is 0 Å². The summed E-state index contributed by atoms with van der Waals surface area (Å²) in [5.41, 5.74) is 2.47. The van der Waals surface area contributed by atoms with Gasteiger partial charge in [0.25, 0.3) is 5.91 Å². The number of rotatable bonds is 5. The van der Waals surface area contributed by atoms with Gasteiger partial charge in [0.05, 0.1) is 17.6 Å². The molecule has 0 aliphatic heterocycles. The maximum atomic E-state index is 12.2. The van der Waals surface area contributed by atoms with E-state index in [2.05, 4.69) is 10.5 Å². The Morgan fingerprint density at radius 1 is 1.30 bits per heavy atom. The highest BCUT2D eigenvalue weighted by molar-refractivity contribution is 7.92. The van der Waals surface area contributed by atoms with Crippen molar-refractivity contribution in [2.45, 2.75) is 20.3 Å². The van der Waals surface area contributed by atoms with Crippen molar-refractivity contribution >= 4 is 27.5 Å². The molecule has 2 aromatic rings. The highest BCUT2D eigenvalue weighted by Crippen LogP contribution is 2.21. The normalized spacial score (nSPS) is 11.3. The van der Waals surface area contributed by atoms with Gasteiger partial charge in [-0.1, -0.05) is 12.1 Å². The van der Waals surface area contributed by atoms with Crippen molar-refractivity contribution in [3.05, 3.63) is 41.1 Å². The number of anilines is 2. The van der Waals surface area contributed by atoms with Gasteiger partial charge in [-0.3, -0.25) is 14.4 Å². The van der Waals surface area contributed by atoms with Crippen LogP contribution < -0.4 is 9.62 Å². The zero-order valence-electron chi connectivity index (χ0n) is 13.5. The lowest BCUT2D eigenvalue weighted by atomic mass is 10.2. The quantitative estimate of drug-likeness (QED) is 0.903. The molecule has 0 bridgehead atoms. The second-order valence-corrected chi connectivity index (χ2v) is 7.18. The van der Waals surface area contributed by atoms with Crippen LogP contribution >= 0.6 is 0 Å². The van der Waals surface area contributed by atoms with Crippen LogP contribution in [0.3, 0.4) is 0 Å². The predicted molar refractivity (Wildman–Crippen MR) is 88.3 cm³/mol. The summed E-state index contributed by atoms with van der Waals surface area (Å²) in [7, 11) is -1.88. The van der Waals surface area contributed by atoms with E-state index in [0.29, 0.717) is 17.1 Å². The summed E-state index contributed by atoms with van der Waals surface area (Å²) < 4.78 is 29.2. The first-order valence-corrected chi connectivity index (χ1v) is 8.89. The van der Waals surface area contributed by atoms with Crippen molar-refractivity contribution in [3.8, 4) is 0 Å². The van der Waals surface area contributed by atoms with Gasteiger partial charge in [-0.25, -0.2) is 8.42 Å². The summed E-state index contributed by atoms with van der Waals surface area (Å²) in [6.45, 7) is 3.78. The van der Waals surface area contributed by atoms with E-state index < -0.39 is 10.0 Å². The molecule has 8 heteroatoms. The highest BCUT2D eigenvalue weighted by atomic mass is 32.2. The Balaban J connectivity index is 2.16. The molecule has 0 atom stereocenters. The Labute approximate surface area is 135 Å². The average Bonchev–Trinajstić information content (AvgIpc) is 2.86. The van der Waals surface area contributed by atoms with E-state index in [0.717, 1.165) is 28.2 Å². The minimum atomic E-state index is -3.33. The summed E-state index contributed by atoms with van der Waals surface area (Å²) in [5, 5.41) is 6.54. The fourth-order valence-electron chi connectivity index (χ4n) is 2.00. The molecule has 2 rings (SSSR count). The molecular formula is C15H19N3O4S. The van der Waals surface area contributed by atoms with Crippen LogP contribution in [0.1, 0.15) is 28.5 Å². The van der Waals surface area contributed by atoms with E-state index in [-0.39, 0.29) is 5.91 Å². The van der Waals surface area contributed by atoms with E-state index in [1.165, 1.54) is 7.05 Å². The number of nitrogens with zero attached hydrogens (tertiary/aromatic N) is 2. The minimum absolute atomic E-state index is 0.323. The lowest BCUT2D eigenvalue weighted by Gasteiger charge is -2.16. The van der Waals surface area contributed by atoms with Gasteiger partial charge in [-0.2, -0.15) is 0 Å². The molecule has 1 N–H and O–H groups in total. The summed E-state index contributed by atoms with van der Waals surface area (Å²) in [5.74, 6) is -0.0235. The van der Waals surface area contributed by atoms with Crippen LogP contribution in [0.4, 0.5) is 11.6 Å². The van der Waals surface area contributed by atoms with Crippen LogP contribution in [0.15, 0.2) is 28.8 Å². The van der Waals surface area contributed by atoms with Gasteiger partial charge in [0.2, 0.25) is 15.9 Å². The van der Waals surface area contributed by atoms with E-state index in [4.69, 9.17) is 4.52 Å². The van der Waals surface area contributed by atoms with Crippen molar-refractivity contribution in [2.24, 2.45) is 0 Å². The molecular weight excluding hydrogens is 318 g/mol. The molecule has 7 nitrogen and oxygen atoms in total. The smallest absolute Gasteiger partial charge is 0.258 e. The van der Waals surface area contributed by atoms with Gasteiger partial charge in [-0.15, -0.1) is 0 Å². The number of carbonyl (C=O) groups is 1. The third-order valence-corrected chi connectivity index (χ3v) is 4.78. The molecule has 0 saturated heterocycles. The molecule has 0 saturated carbocycles. The van der Waals surface area contributed by atoms with E-state index in [1.807, 2.05) is 13.8 Å². The number of amides is 1. The maximum Gasteiger partial charge on any atom is 0.258 e. The average molecular weight is 337 g/mol. The standard InChI is InChI=1S/C15H19N3O4S/c1-5-13-10(2)15(22-17-13)16-14(19)11-6-8-12(9-7-11)18(3)23(4,20)21/h6-9H,5H2,1-4H3,(H,16,19). The SMILES string of the molecule is CCc1noc(NC(=O)c2ccc(N(C)S(C)(=O)=O)cc2)c1C. The van der Waals surface area contributed by atoms with Gasteiger partial charge in [0.15, 0.2) is 0 Å². The van der Waals surface area contributed by atoms with Gasteiger partial charge in [0.1, 0.15) is 0 Å². The number of nitrogens with one attached hydrogen (secondary N) is 1. The van der Waals surface area contributed by atoms with Gasteiger partial charge < -0.3 is 4.52 Å². The van der Waals surface area contributed by atoms with Crippen molar-refractivity contribution < 1.29 is 17.7 Å². The van der Waals surface area contributed by atoms with Crippen LogP contribution in [0, 0.1) is 6.92 Å². The number of hydrogen-bond acceptors (Lipinski definition) is 5. The Morgan fingerprint density at radius 2 is 1.91 bits per heavy atom. The van der Waals surface area contributed by atoms with Crippen LogP contribution in [0.25, 0.3) is 0 Å². The van der Waals surface area contributed by atoms with Crippen LogP contribution in [0.2, 0.25) is 0 Å². The van der Waals surface area contributed by atoms with Crippen molar-refractivity contribution in [1.82, 2.24) is 5.16 Å². The molecule has 1 aromatic carbocycles. The second-order valence-electron chi connectivity index (χ2n) is 5.17. The molecule has 1 aromatic heterocycles. The minimum Gasteiger partial charge on any atom is -0.338 e. The molecule has 0 spiro atoms. The van der Waals surface area contributed by atoms with Crippen LogP contribution in [-0.4, -0.2) is 32.8 Å². The summed E-state index contributed by atoms with van der Waals surface area (Å²) in [6, 6.07) is 6.25. The fourth-order valence-corrected chi connectivity index (χ4v) is 2.51. The van der Waals surface area contributed by atoms with Crippen molar-refractivity contribution in [1.29, 1.82) is 0 Å². The summed E-state index contributed by atoms with van der Waals surface area (Å²) in [6.07, 6.45) is 1.84. The number of sulfonamides is 1. The van der Waals surface area contributed by atoms with Gasteiger partial charge >= 0.3 is 0 Å². The summed E-state index contributed by atoms with van der Waals surface area (Å²) in [4.78, 5) is 12.2. The van der Waals surface area contributed by atoms with Crippen LogP contribution in [-0.2, 0) is 16.4 Å². The van der Waals surface area contributed by atoms with E-state index in [9.17, 15) is 13.2 Å². The van der Waals surface area contributed by atoms with Gasteiger partial charge in [-0.05, 0) is 37.6 Å². The molecule has 0 aliphatic carbocycles. The molecule has 23 heavy (non-hydrogen) atoms. The Bertz CT molecular complexity index is 810. The van der Waals surface area contributed by atoms with E-state index >= 15 is 0 Å². The number of hydrogen-bond donors (Lipinski definition) is 1. The zero-order chi connectivity index (χ0) is 17.2. The maximum absolute atomic E-state index is 12.2. The first-order valence-electron chi connectivity index (χ1n) is 7.04. The fraction of sp³-hybridized carbons (Fsp3) is 0.333. The zero-order valence-corrected chi connectivity index (χ0v) is 14.3. The van der Waals surface area contributed by atoms with Gasteiger partial charge in [0, 0.05) is 18.2 Å². The lowest BCUT2D eigenvalue weighted by molar-refractivity contribution is 0.102. The lowest BCUT2D eigenvalue weighted by Crippen LogP contribution is -2.24. The Morgan fingerprint density at radius 3 is 2.39 bits per heavy atom. The largest absolute Gasteiger partial charge is 0.338 e. The molecule has 1 heterocycles. The molecule has 0 aliphatic rings. The van der Waals surface area contributed by atoms with Crippen LogP contribution in [0.5, 0.6) is 0 Å². The van der Waals surface area contributed by atoms with E-state index in [1.54, 1.807) is 24.3 Å². The molecule has 0 radical (unpaired) electrons. The molecule has 1 amide bonds. The summed E-state index contributed by atoms with van der Waals surface area (Å²) >= 11 is 0. The second kappa shape index (κ2) is 6.41. The Hall–Kier alpha value is -2.35. The molecule has 0 unspecified atom stereocenters.